The monoisotopic (exact) mass is 503 g/mol. The third kappa shape index (κ3) is 5.57. The maximum Gasteiger partial charge on any atom is 0.473 e. The molecule has 0 saturated heterocycles. The molecule has 3 heterocycles. The van der Waals surface area contributed by atoms with E-state index in [0.29, 0.717) is 16.9 Å². The summed E-state index contributed by atoms with van der Waals surface area (Å²) in [4.78, 5) is 30.2. The standard InChI is InChI=1S/C25H22N5O5P/c1-3-24(31)29-20-7-5-6-17(10-20)19-12-22-23(18-8-9-27-21(11-18)13-26)15-30(25(22)28-14-19)16-35-36(32,33)34-4-2/h3,5-12,14-15H,1,4,16H2,2H3,(H,29,31)(H,32,33). The fourth-order valence-corrected chi connectivity index (χ4v) is 4.29. The molecule has 1 atom stereocenters. The molecule has 11 heteroatoms. The van der Waals surface area contributed by atoms with Crippen LogP contribution in [-0.4, -0.2) is 31.9 Å². The number of fused-ring (bicyclic) bond motifs is 1. The van der Waals surface area contributed by atoms with Crippen molar-refractivity contribution in [2.45, 2.75) is 13.7 Å². The highest BCUT2D eigenvalue weighted by atomic mass is 31.2. The molecule has 4 aromatic rings. The number of amides is 1. The lowest BCUT2D eigenvalue weighted by Crippen LogP contribution is -2.07. The molecule has 1 aromatic carbocycles. The summed E-state index contributed by atoms with van der Waals surface area (Å²) in [5, 5.41) is 12.7. The van der Waals surface area contributed by atoms with Crippen molar-refractivity contribution in [3.63, 3.8) is 0 Å². The van der Waals surface area contributed by atoms with Crippen molar-refractivity contribution >= 4 is 30.5 Å². The largest absolute Gasteiger partial charge is 0.473 e. The van der Waals surface area contributed by atoms with E-state index in [9.17, 15) is 19.5 Å². The van der Waals surface area contributed by atoms with E-state index in [1.807, 2.05) is 30.3 Å². The van der Waals surface area contributed by atoms with Gasteiger partial charge in [0, 0.05) is 40.8 Å². The summed E-state index contributed by atoms with van der Waals surface area (Å²) in [6.45, 7) is 4.79. The molecule has 0 bridgehead atoms. The van der Waals surface area contributed by atoms with Crippen LogP contribution in [0.2, 0.25) is 0 Å². The van der Waals surface area contributed by atoms with Crippen LogP contribution in [0.15, 0.2) is 73.7 Å². The summed E-state index contributed by atoms with van der Waals surface area (Å²) in [5.41, 5.74) is 4.37. The zero-order valence-electron chi connectivity index (χ0n) is 19.3. The average Bonchev–Trinajstić information content (AvgIpc) is 3.25. The fraction of sp³-hybridized carbons (Fsp3) is 0.120. The van der Waals surface area contributed by atoms with Crippen LogP contribution in [0.1, 0.15) is 12.6 Å². The van der Waals surface area contributed by atoms with Crippen LogP contribution in [0.4, 0.5) is 5.69 Å². The van der Waals surface area contributed by atoms with Crippen molar-refractivity contribution in [2.75, 3.05) is 11.9 Å². The molecule has 1 unspecified atom stereocenters. The van der Waals surface area contributed by atoms with E-state index < -0.39 is 7.82 Å². The molecule has 4 rings (SSSR count). The maximum absolute atomic E-state index is 12.0. The van der Waals surface area contributed by atoms with Gasteiger partial charge in [0.25, 0.3) is 0 Å². The Morgan fingerprint density at radius 2 is 2.06 bits per heavy atom. The summed E-state index contributed by atoms with van der Waals surface area (Å²) in [6, 6.07) is 14.6. The first-order valence-electron chi connectivity index (χ1n) is 10.8. The van der Waals surface area contributed by atoms with Gasteiger partial charge in [-0.2, -0.15) is 5.26 Å². The van der Waals surface area contributed by atoms with Crippen molar-refractivity contribution in [3.8, 4) is 28.3 Å². The molecule has 0 saturated carbocycles. The molecule has 0 aliphatic heterocycles. The number of rotatable bonds is 9. The van der Waals surface area contributed by atoms with Gasteiger partial charge in [0.15, 0.2) is 0 Å². The third-order valence-electron chi connectivity index (χ3n) is 5.20. The first kappa shape index (κ1) is 25.0. The van der Waals surface area contributed by atoms with Gasteiger partial charge in [-0.3, -0.25) is 13.8 Å². The second-order valence-electron chi connectivity index (χ2n) is 7.57. The minimum atomic E-state index is -4.23. The van der Waals surface area contributed by atoms with Crippen LogP contribution in [0.5, 0.6) is 0 Å². The van der Waals surface area contributed by atoms with Gasteiger partial charge in [0.05, 0.1) is 6.61 Å². The summed E-state index contributed by atoms with van der Waals surface area (Å²) >= 11 is 0. The molecule has 2 N–H and O–H groups in total. The number of nitriles is 1. The minimum Gasteiger partial charge on any atom is -0.323 e. The minimum absolute atomic E-state index is 0.0212. The molecule has 10 nitrogen and oxygen atoms in total. The second-order valence-corrected chi connectivity index (χ2v) is 9.02. The molecule has 0 fully saturated rings. The number of pyridine rings is 2. The van der Waals surface area contributed by atoms with E-state index >= 15 is 0 Å². The predicted octanol–water partition coefficient (Wildman–Crippen LogP) is 4.87. The van der Waals surface area contributed by atoms with Crippen molar-refractivity contribution < 1.29 is 23.3 Å². The summed E-state index contributed by atoms with van der Waals surface area (Å²) < 4.78 is 23.6. The van der Waals surface area contributed by atoms with Gasteiger partial charge >= 0.3 is 7.82 Å². The lowest BCUT2D eigenvalue weighted by atomic mass is 10.0. The quantitative estimate of drug-likeness (QED) is 0.244. The Bertz CT molecular complexity index is 1540. The molecule has 0 aliphatic carbocycles. The zero-order valence-corrected chi connectivity index (χ0v) is 20.2. The number of phosphoric acid groups is 1. The number of anilines is 1. The van der Waals surface area contributed by atoms with Crippen LogP contribution < -0.4 is 5.32 Å². The van der Waals surface area contributed by atoms with Gasteiger partial charge < -0.3 is 14.8 Å². The molecular formula is C25H22N5O5P. The number of hydrogen-bond donors (Lipinski definition) is 2. The molecule has 0 spiro atoms. The molecule has 1 amide bonds. The van der Waals surface area contributed by atoms with E-state index in [1.54, 1.807) is 42.1 Å². The Balaban J connectivity index is 1.81. The van der Waals surface area contributed by atoms with Crippen LogP contribution in [0.3, 0.4) is 0 Å². The lowest BCUT2D eigenvalue weighted by molar-refractivity contribution is -0.111. The number of phosphoric ester groups is 1. The zero-order chi connectivity index (χ0) is 25.7. The SMILES string of the molecule is C=CC(=O)Nc1cccc(-c2cnc3c(c2)c(-c2ccnc(C#N)c2)cn3COP(=O)(O)OCC)c1. The topological polar surface area (TPSA) is 139 Å². The Morgan fingerprint density at radius 1 is 1.22 bits per heavy atom. The number of benzene rings is 1. The lowest BCUT2D eigenvalue weighted by Gasteiger charge is -2.12. The van der Waals surface area contributed by atoms with Crippen molar-refractivity contribution in [1.29, 1.82) is 5.26 Å². The van der Waals surface area contributed by atoms with E-state index in [0.717, 1.165) is 22.1 Å². The van der Waals surface area contributed by atoms with Crippen molar-refractivity contribution in [2.24, 2.45) is 0 Å². The number of carbonyl (C=O) groups is 1. The number of hydrogen-bond acceptors (Lipinski definition) is 7. The van der Waals surface area contributed by atoms with Gasteiger partial charge in [0.1, 0.15) is 24.1 Å². The van der Waals surface area contributed by atoms with Gasteiger partial charge in [0.2, 0.25) is 5.91 Å². The highest BCUT2D eigenvalue weighted by Crippen LogP contribution is 2.44. The molecule has 182 valence electrons. The Hall–Kier alpha value is -4.13. The number of nitrogens with zero attached hydrogens (tertiary/aromatic N) is 4. The smallest absolute Gasteiger partial charge is 0.323 e. The van der Waals surface area contributed by atoms with Crippen LogP contribution in [0, 0.1) is 11.3 Å². The van der Waals surface area contributed by atoms with Crippen molar-refractivity contribution in [3.05, 3.63) is 79.4 Å². The van der Waals surface area contributed by atoms with E-state index in [-0.39, 0.29) is 24.9 Å². The number of carbonyl (C=O) groups excluding carboxylic acids is 1. The third-order valence-corrected chi connectivity index (χ3v) is 6.23. The highest BCUT2D eigenvalue weighted by molar-refractivity contribution is 7.47. The molecule has 0 radical (unpaired) electrons. The molecule has 3 aromatic heterocycles. The molecule has 36 heavy (non-hydrogen) atoms. The first-order chi connectivity index (χ1) is 17.3. The van der Waals surface area contributed by atoms with Crippen LogP contribution >= 0.6 is 7.82 Å². The van der Waals surface area contributed by atoms with E-state index in [1.165, 1.54) is 12.3 Å². The van der Waals surface area contributed by atoms with Gasteiger partial charge in [-0.1, -0.05) is 18.7 Å². The van der Waals surface area contributed by atoms with Crippen molar-refractivity contribution in [1.82, 2.24) is 14.5 Å². The summed E-state index contributed by atoms with van der Waals surface area (Å²) in [7, 11) is -4.23. The summed E-state index contributed by atoms with van der Waals surface area (Å²) in [5.74, 6) is -0.320. The summed E-state index contributed by atoms with van der Waals surface area (Å²) in [6.07, 6.45) is 6.11. The van der Waals surface area contributed by atoms with E-state index in [2.05, 4.69) is 21.9 Å². The second kappa shape index (κ2) is 10.6. The Morgan fingerprint density at radius 3 is 2.81 bits per heavy atom. The molecular weight excluding hydrogens is 481 g/mol. The number of nitrogens with one attached hydrogen (secondary N) is 1. The Kier molecular flexibility index (Phi) is 7.38. The van der Waals surface area contributed by atoms with Crippen LogP contribution in [0.25, 0.3) is 33.3 Å². The van der Waals surface area contributed by atoms with E-state index in [4.69, 9.17) is 9.05 Å². The van der Waals surface area contributed by atoms with Crippen LogP contribution in [-0.2, 0) is 25.1 Å². The predicted molar refractivity (Wildman–Crippen MR) is 134 cm³/mol. The molecule has 0 aliphatic rings. The first-order valence-corrected chi connectivity index (χ1v) is 12.3. The normalized spacial score (nSPS) is 12.6. The van der Waals surface area contributed by atoms with Gasteiger partial charge in [-0.05, 0) is 54.5 Å². The highest BCUT2D eigenvalue weighted by Gasteiger charge is 2.22. The average molecular weight is 503 g/mol. The fourth-order valence-electron chi connectivity index (χ4n) is 3.62. The van der Waals surface area contributed by atoms with Gasteiger partial charge in [-0.15, -0.1) is 0 Å². The maximum atomic E-state index is 12.0. The van der Waals surface area contributed by atoms with Gasteiger partial charge in [-0.25, -0.2) is 14.5 Å². The Labute approximate surface area is 207 Å². The number of aromatic nitrogens is 3.